The van der Waals surface area contributed by atoms with Crippen molar-refractivity contribution in [3.63, 3.8) is 0 Å². The van der Waals surface area contributed by atoms with Crippen molar-refractivity contribution in [2.75, 3.05) is 12.8 Å². The van der Waals surface area contributed by atoms with E-state index >= 15 is 0 Å². The highest BCUT2D eigenvalue weighted by molar-refractivity contribution is 7.89. The largest absolute Gasteiger partial charge is 0.384 e. The number of nitrogens with two attached hydrogens (primary N) is 1. The van der Waals surface area contributed by atoms with Crippen molar-refractivity contribution >= 4 is 15.8 Å². The van der Waals surface area contributed by atoms with Gasteiger partial charge in [0.15, 0.2) is 0 Å². The number of nitrogen functional groups attached to an aromatic ring is 1. The SMILES string of the molecule is CCC1CCC(N(C)S(=O)(=O)c2ccc(N)nc2)CC1. The number of aromatic nitrogens is 1. The van der Waals surface area contributed by atoms with E-state index in [9.17, 15) is 8.42 Å². The first-order valence-corrected chi connectivity index (χ1v) is 8.58. The summed E-state index contributed by atoms with van der Waals surface area (Å²) in [5.74, 6) is 1.08. The third kappa shape index (κ3) is 3.12. The van der Waals surface area contributed by atoms with Crippen LogP contribution in [0.2, 0.25) is 0 Å². The molecule has 0 bridgehead atoms. The van der Waals surface area contributed by atoms with E-state index in [1.54, 1.807) is 7.05 Å². The lowest BCUT2D eigenvalue weighted by Crippen LogP contribution is -2.39. The van der Waals surface area contributed by atoms with Gasteiger partial charge in [-0.05, 0) is 43.7 Å². The summed E-state index contributed by atoms with van der Waals surface area (Å²) in [6.45, 7) is 2.20. The number of hydrogen-bond donors (Lipinski definition) is 1. The minimum atomic E-state index is -3.46. The Morgan fingerprint density at radius 3 is 2.45 bits per heavy atom. The van der Waals surface area contributed by atoms with Crippen LogP contribution in [0, 0.1) is 5.92 Å². The molecule has 0 atom stereocenters. The molecule has 5 nitrogen and oxygen atoms in total. The lowest BCUT2D eigenvalue weighted by molar-refractivity contribution is 0.233. The van der Waals surface area contributed by atoms with Crippen LogP contribution in [0.1, 0.15) is 39.0 Å². The zero-order chi connectivity index (χ0) is 14.8. The highest BCUT2D eigenvalue weighted by atomic mass is 32.2. The molecule has 6 heteroatoms. The molecule has 1 fully saturated rings. The average molecular weight is 297 g/mol. The van der Waals surface area contributed by atoms with Crippen molar-refractivity contribution in [3.8, 4) is 0 Å². The molecule has 0 saturated heterocycles. The van der Waals surface area contributed by atoms with Crippen LogP contribution in [0.4, 0.5) is 5.82 Å². The maximum atomic E-state index is 12.5. The van der Waals surface area contributed by atoms with Gasteiger partial charge < -0.3 is 5.73 Å². The van der Waals surface area contributed by atoms with E-state index in [4.69, 9.17) is 5.73 Å². The van der Waals surface area contributed by atoms with Gasteiger partial charge in [-0.2, -0.15) is 4.31 Å². The maximum absolute atomic E-state index is 12.5. The minimum Gasteiger partial charge on any atom is -0.384 e. The molecule has 1 aliphatic carbocycles. The topological polar surface area (TPSA) is 76.3 Å². The molecule has 0 aromatic carbocycles. The molecule has 1 heterocycles. The summed E-state index contributed by atoms with van der Waals surface area (Å²) in [7, 11) is -1.80. The van der Waals surface area contributed by atoms with Gasteiger partial charge >= 0.3 is 0 Å². The Morgan fingerprint density at radius 1 is 1.30 bits per heavy atom. The summed E-state index contributed by atoms with van der Waals surface area (Å²) in [5, 5.41) is 0. The van der Waals surface area contributed by atoms with Gasteiger partial charge in [-0.1, -0.05) is 13.3 Å². The van der Waals surface area contributed by atoms with Crippen LogP contribution < -0.4 is 5.73 Å². The molecular weight excluding hydrogens is 274 g/mol. The molecule has 20 heavy (non-hydrogen) atoms. The highest BCUT2D eigenvalue weighted by Crippen LogP contribution is 2.31. The van der Waals surface area contributed by atoms with Crippen molar-refractivity contribution < 1.29 is 8.42 Å². The summed E-state index contributed by atoms with van der Waals surface area (Å²) < 4.78 is 26.6. The smallest absolute Gasteiger partial charge is 0.244 e. The quantitative estimate of drug-likeness (QED) is 0.924. The van der Waals surface area contributed by atoms with E-state index in [0.29, 0.717) is 5.82 Å². The fraction of sp³-hybridized carbons (Fsp3) is 0.643. The zero-order valence-electron chi connectivity index (χ0n) is 12.1. The molecule has 0 spiro atoms. The second-order valence-corrected chi connectivity index (χ2v) is 7.52. The molecule has 1 aliphatic rings. The monoisotopic (exact) mass is 297 g/mol. The molecule has 0 amide bonds. The Bertz CT molecular complexity index is 534. The van der Waals surface area contributed by atoms with Crippen LogP contribution in [0.3, 0.4) is 0 Å². The summed E-state index contributed by atoms with van der Waals surface area (Å²) in [5.41, 5.74) is 5.50. The molecule has 2 rings (SSSR count). The minimum absolute atomic E-state index is 0.0975. The van der Waals surface area contributed by atoms with Gasteiger partial charge in [-0.25, -0.2) is 13.4 Å². The number of pyridine rings is 1. The number of rotatable bonds is 4. The Labute approximate surface area is 121 Å². The predicted octanol–water partition coefficient (Wildman–Crippen LogP) is 2.25. The van der Waals surface area contributed by atoms with Gasteiger partial charge in [0.2, 0.25) is 10.0 Å². The first-order chi connectivity index (χ1) is 9.45. The van der Waals surface area contributed by atoms with Crippen molar-refractivity contribution in [3.05, 3.63) is 18.3 Å². The van der Waals surface area contributed by atoms with Crippen molar-refractivity contribution in [2.24, 2.45) is 5.92 Å². The van der Waals surface area contributed by atoms with Crippen molar-refractivity contribution in [1.82, 2.24) is 9.29 Å². The number of anilines is 1. The average Bonchev–Trinajstić information content (AvgIpc) is 2.47. The zero-order valence-corrected chi connectivity index (χ0v) is 12.9. The summed E-state index contributed by atoms with van der Waals surface area (Å²) >= 11 is 0. The standard InChI is InChI=1S/C14H23N3O2S/c1-3-11-4-6-12(7-5-11)17(2)20(18,19)13-8-9-14(15)16-10-13/h8-12H,3-7H2,1-2H3,(H2,15,16). The van der Waals surface area contributed by atoms with Gasteiger partial charge in [0, 0.05) is 19.3 Å². The van der Waals surface area contributed by atoms with Gasteiger partial charge in [0.25, 0.3) is 0 Å². The molecule has 2 N–H and O–H groups in total. The molecular formula is C14H23N3O2S. The lowest BCUT2D eigenvalue weighted by Gasteiger charge is -2.33. The third-order valence-corrected chi connectivity index (χ3v) is 6.24. The lowest BCUT2D eigenvalue weighted by atomic mass is 9.85. The molecule has 0 aliphatic heterocycles. The molecule has 1 aromatic rings. The molecule has 1 saturated carbocycles. The number of hydrogen-bond acceptors (Lipinski definition) is 4. The normalized spacial score (nSPS) is 23.9. The predicted molar refractivity (Wildman–Crippen MR) is 79.6 cm³/mol. The van der Waals surface area contributed by atoms with Crippen LogP contribution in [0.25, 0.3) is 0 Å². The summed E-state index contributed by atoms with van der Waals surface area (Å²) in [6.07, 6.45) is 6.62. The van der Waals surface area contributed by atoms with E-state index in [-0.39, 0.29) is 10.9 Å². The first kappa shape index (κ1) is 15.3. The number of sulfonamides is 1. The Kier molecular flexibility index (Phi) is 4.65. The van der Waals surface area contributed by atoms with Crippen molar-refractivity contribution in [2.45, 2.75) is 50.0 Å². The van der Waals surface area contributed by atoms with E-state index in [1.807, 2.05) is 0 Å². The molecule has 0 unspecified atom stereocenters. The summed E-state index contributed by atoms with van der Waals surface area (Å²) in [4.78, 5) is 4.08. The fourth-order valence-electron chi connectivity index (χ4n) is 2.82. The maximum Gasteiger partial charge on any atom is 0.244 e. The van der Waals surface area contributed by atoms with Gasteiger partial charge in [-0.15, -0.1) is 0 Å². The van der Waals surface area contributed by atoms with E-state index < -0.39 is 10.0 Å². The third-order valence-electron chi connectivity index (χ3n) is 4.34. The Hall–Kier alpha value is -1.14. The van der Waals surface area contributed by atoms with Crippen LogP contribution >= 0.6 is 0 Å². The van der Waals surface area contributed by atoms with E-state index in [1.165, 1.54) is 29.1 Å². The first-order valence-electron chi connectivity index (χ1n) is 7.14. The second-order valence-electron chi connectivity index (χ2n) is 5.52. The van der Waals surface area contributed by atoms with Gasteiger partial charge in [0.05, 0.1) is 0 Å². The second kappa shape index (κ2) is 6.10. The van der Waals surface area contributed by atoms with E-state index in [2.05, 4.69) is 11.9 Å². The molecule has 112 valence electrons. The highest BCUT2D eigenvalue weighted by Gasteiger charge is 2.31. The van der Waals surface area contributed by atoms with Gasteiger partial charge in [0.1, 0.15) is 10.7 Å². The fourth-order valence-corrected chi connectivity index (χ4v) is 4.19. The van der Waals surface area contributed by atoms with Crippen LogP contribution in [-0.4, -0.2) is 30.8 Å². The van der Waals surface area contributed by atoms with Crippen LogP contribution in [0.15, 0.2) is 23.2 Å². The number of nitrogens with zero attached hydrogens (tertiary/aromatic N) is 2. The Morgan fingerprint density at radius 2 is 1.95 bits per heavy atom. The summed E-state index contributed by atoms with van der Waals surface area (Å²) in [6, 6.07) is 3.14. The Balaban J connectivity index is 2.11. The van der Waals surface area contributed by atoms with Crippen molar-refractivity contribution in [1.29, 1.82) is 0 Å². The molecule has 1 aromatic heterocycles. The van der Waals surface area contributed by atoms with E-state index in [0.717, 1.165) is 31.6 Å². The van der Waals surface area contributed by atoms with Gasteiger partial charge in [-0.3, -0.25) is 0 Å². The molecule has 0 radical (unpaired) electrons. The van der Waals surface area contributed by atoms with Crippen LogP contribution in [0.5, 0.6) is 0 Å². The van der Waals surface area contributed by atoms with Crippen LogP contribution in [-0.2, 0) is 10.0 Å².